The predicted octanol–water partition coefficient (Wildman–Crippen LogP) is 6.82. The molecule has 0 bridgehead atoms. The number of rotatable bonds is 6. The summed E-state index contributed by atoms with van der Waals surface area (Å²) < 4.78 is 5.74. The molecule has 1 aliphatic heterocycles. The zero-order valence-corrected chi connectivity index (χ0v) is 20.3. The minimum Gasteiger partial charge on any atom is -0.487 e. The fourth-order valence-corrected chi connectivity index (χ4v) is 4.42. The third-order valence-corrected chi connectivity index (χ3v) is 6.64. The van der Waals surface area contributed by atoms with Crippen molar-refractivity contribution >= 4 is 75.4 Å². The van der Waals surface area contributed by atoms with E-state index in [-0.39, 0.29) is 18.1 Å². The monoisotopic (exact) mass is 532 g/mol. The van der Waals surface area contributed by atoms with E-state index in [4.69, 9.17) is 44.6 Å². The SMILES string of the molecule is O=C1NC(=Nc2cccc(Cl)c2Cl)SC1=Cc1ccc(OCc2cccc(C(=O)O)c2)c(Cl)c1. The summed E-state index contributed by atoms with van der Waals surface area (Å²) in [5.74, 6) is -0.863. The molecule has 1 heterocycles. The molecule has 0 spiro atoms. The van der Waals surface area contributed by atoms with Crippen LogP contribution in [0.25, 0.3) is 6.08 Å². The fourth-order valence-electron chi connectivity index (χ4n) is 3.00. The summed E-state index contributed by atoms with van der Waals surface area (Å²) in [7, 11) is 0. The zero-order chi connectivity index (χ0) is 24.2. The second kappa shape index (κ2) is 10.5. The Morgan fingerprint density at radius 2 is 1.85 bits per heavy atom. The normalized spacial score (nSPS) is 15.6. The van der Waals surface area contributed by atoms with Gasteiger partial charge in [-0.25, -0.2) is 9.79 Å². The van der Waals surface area contributed by atoms with Crippen molar-refractivity contribution in [2.24, 2.45) is 4.99 Å². The van der Waals surface area contributed by atoms with Gasteiger partial charge in [-0.2, -0.15) is 0 Å². The summed E-state index contributed by atoms with van der Waals surface area (Å²) in [6.45, 7) is 0.158. The molecule has 1 fully saturated rings. The van der Waals surface area contributed by atoms with Crippen LogP contribution in [0.4, 0.5) is 5.69 Å². The van der Waals surface area contributed by atoms with Crippen LogP contribution in [-0.2, 0) is 11.4 Å². The highest BCUT2D eigenvalue weighted by atomic mass is 35.5. The molecule has 10 heteroatoms. The smallest absolute Gasteiger partial charge is 0.335 e. The van der Waals surface area contributed by atoms with Crippen molar-refractivity contribution < 1.29 is 19.4 Å². The topological polar surface area (TPSA) is 88.0 Å². The molecule has 4 rings (SSSR count). The lowest BCUT2D eigenvalue weighted by Crippen LogP contribution is -2.19. The van der Waals surface area contributed by atoms with Gasteiger partial charge in [-0.15, -0.1) is 0 Å². The second-order valence-corrected chi connectivity index (χ2v) is 9.26. The summed E-state index contributed by atoms with van der Waals surface area (Å²) in [6, 6.07) is 16.7. The molecule has 1 saturated heterocycles. The molecular formula is C24H15Cl3N2O4S. The van der Waals surface area contributed by atoms with Crippen LogP contribution in [0.1, 0.15) is 21.5 Å². The number of carboxylic acids is 1. The maximum Gasteiger partial charge on any atom is 0.335 e. The summed E-state index contributed by atoms with van der Waals surface area (Å²) in [6.07, 6.45) is 1.69. The first-order chi connectivity index (χ1) is 16.3. The van der Waals surface area contributed by atoms with E-state index in [1.165, 1.54) is 17.8 Å². The Morgan fingerprint density at radius 3 is 2.62 bits per heavy atom. The van der Waals surface area contributed by atoms with E-state index in [1.807, 2.05) is 0 Å². The van der Waals surface area contributed by atoms with Gasteiger partial charge in [-0.05, 0) is 65.4 Å². The van der Waals surface area contributed by atoms with E-state index in [0.29, 0.717) is 47.7 Å². The highest BCUT2D eigenvalue weighted by Gasteiger charge is 2.24. The Morgan fingerprint density at radius 1 is 1.06 bits per heavy atom. The summed E-state index contributed by atoms with van der Waals surface area (Å²) in [4.78, 5) is 28.3. The standard InChI is InChI=1S/C24H15Cl3N2O4S/c25-16-5-2-6-18(21(16)27)28-24-29-22(30)20(34-24)11-13-7-8-19(17(26)10-13)33-12-14-3-1-4-15(9-14)23(31)32/h1-11H,12H2,(H,31,32)(H,28,29,30). The third kappa shape index (κ3) is 5.74. The van der Waals surface area contributed by atoms with Crippen molar-refractivity contribution in [2.45, 2.75) is 6.61 Å². The van der Waals surface area contributed by atoms with Gasteiger partial charge in [-0.1, -0.05) is 59.1 Å². The lowest BCUT2D eigenvalue weighted by molar-refractivity contribution is -0.115. The van der Waals surface area contributed by atoms with Crippen molar-refractivity contribution in [1.29, 1.82) is 0 Å². The van der Waals surface area contributed by atoms with E-state index >= 15 is 0 Å². The summed E-state index contributed by atoms with van der Waals surface area (Å²) in [5.41, 5.74) is 2.04. The lowest BCUT2D eigenvalue weighted by Gasteiger charge is -2.09. The summed E-state index contributed by atoms with van der Waals surface area (Å²) in [5, 5.41) is 13.2. The molecule has 34 heavy (non-hydrogen) atoms. The molecule has 0 unspecified atom stereocenters. The Kier molecular flexibility index (Phi) is 7.48. The molecule has 0 atom stereocenters. The van der Waals surface area contributed by atoms with Gasteiger partial charge >= 0.3 is 5.97 Å². The maximum atomic E-state index is 12.4. The van der Waals surface area contributed by atoms with Crippen LogP contribution in [0, 0.1) is 0 Å². The van der Waals surface area contributed by atoms with Gasteiger partial charge in [0.25, 0.3) is 5.91 Å². The average Bonchev–Trinajstić information content (AvgIpc) is 3.15. The molecule has 6 nitrogen and oxygen atoms in total. The largest absolute Gasteiger partial charge is 0.487 e. The number of ether oxygens (including phenoxy) is 1. The van der Waals surface area contributed by atoms with Crippen molar-refractivity contribution in [3.63, 3.8) is 0 Å². The van der Waals surface area contributed by atoms with Crippen LogP contribution in [0.3, 0.4) is 0 Å². The summed E-state index contributed by atoms with van der Waals surface area (Å²) >= 11 is 19.7. The molecule has 0 aliphatic carbocycles. The molecule has 0 aromatic heterocycles. The number of aliphatic imine (C=N–C) groups is 1. The quantitative estimate of drug-likeness (QED) is 0.340. The number of nitrogens with zero attached hydrogens (tertiary/aromatic N) is 1. The van der Waals surface area contributed by atoms with Crippen LogP contribution >= 0.6 is 46.6 Å². The van der Waals surface area contributed by atoms with Gasteiger partial charge < -0.3 is 15.2 Å². The van der Waals surface area contributed by atoms with Crippen LogP contribution < -0.4 is 10.1 Å². The minimum atomic E-state index is -1.00. The molecule has 0 radical (unpaired) electrons. The van der Waals surface area contributed by atoms with Crippen molar-refractivity contribution in [3.8, 4) is 5.75 Å². The van der Waals surface area contributed by atoms with Crippen LogP contribution in [0.15, 0.2) is 70.6 Å². The lowest BCUT2D eigenvalue weighted by atomic mass is 10.1. The number of hydrogen-bond acceptors (Lipinski definition) is 5. The first kappa shape index (κ1) is 24.2. The zero-order valence-electron chi connectivity index (χ0n) is 17.2. The van der Waals surface area contributed by atoms with Crippen molar-refractivity contribution in [1.82, 2.24) is 5.32 Å². The van der Waals surface area contributed by atoms with Gasteiger partial charge in [-0.3, -0.25) is 4.79 Å². The Labute approximate surface area is 214 Å². The molecule has 1 aliphatic rings. The van der Waals surface area contributed by atoms with Crippen molar-refractivity contribution in [2.75, 3.05) is 0 Å². The highest BCUT2D eigenvalue weighted by Crippen LogP contribution is 2.35. The highest BCUT2D eigenvalue weighted by molar-refractivity contribution is 8.18. The van der Waals surface area contributed by atoms with Gasteiger partial charge in [0.2, 0.25) is 0 Å². The first-order valence-electron chi connectivity index (χ1n) is 9.78. The number of carboxylic acid groups (broad SMARTS) is 1. The van der Waals surface area contributed by atoms with Crippen molar-refractivity contribution in [3.05, 3.63) is 97.3 Å². The van der Waals surface area contributed by atoms with Gasteiger partial charge in [0, 0.05) is 0 Å². The van der Waals surface area contributed by atoms with E-state index in [9.17, 15) is 9.59 Å². The molecule has 3 aromatic rings. The second-order valence-electron chi connectivity index (χ2n) is 7.04. The van der Waals surface area contributed by atoms with E-state index in [2.05, 4.69) is 10.3 Å². The molecule has 2 N–H and O–H groups in total. The number of thioether (sulfide) groups is 1. The third-order valence-electron chi connectivity index (χ3n) is 4.63. The number of benzene rings is 3. The Bertz CT molecular complexity index is 1360. The average molecular weight is 534 g/mol. The number of carbonyl (C=O) groups is 2. The molecule has 3 aromatic carbocycles. The number of carbonyl (C=O) groups excluding carboxylic acids is 1. The fraction of sp³-hybridized carbons (Fsp3) is 0.0417. The van der Waals surface area contributed by atoms with E-state index in [0.717, 1.165) is 0 Å². The Balaban J connectivity index is 1.46. The predicted molar refractivity (Wildman–Crippen MR) is 136 cm³/mol. The number of amidine groups is 1. The molecule has 172 valence electrons. The number of aromatic carboxylic acids is 1. The molecule has 0 saturated carbocycles. The van der Waals surface area contributed by atoms with Crippen LogP contribution in [-0.4, -0.2) is 22.2 Å². The molecular weight excluding hydrogens is 519 g/mol. The maximum absolute atomic E-state index is 12.4. The first-order valence-corrected chi connectivity index (χ1v) is 11.7. The number of amides is 1. The van der Waals surface area contributed by atoms with E-state index < -0.39 is 5.97 Å². The minimum absolute atomic E-state index is 0.158. The van der Waals surface area contributed by atoms with E-state index in [1.54, 1.807) is 60.7 Å². The molecule has 1 amide bonds. The van der Waals surface area contributed by atoms with Crippen LogP contribution in [0.5, 0.6) is 5.75 Å². The number of nitrogens with one attached hydrogen (secondary N) is 1. The van der Waals surface area contributed by atoms with Gasteiger partial charge in [0.1, 0.15) is 12.4 Å². The Hall–Kier alpha value is -2.97. The van der Waals surface area contributed by atoms with Crippen LogP contribution in [0.2, 0.25) is 15.1 Å². The van der Waals surface area contributed by atoms with Gasteiger partial charge in [0.15, 0.2) is 5.17 Å². The number of halogens is 3. The number of hydrogen-bond donors (Lipinski definition) is 2. The van der Waals surface area contributed by atoms with Gasteiger partial charge in [0.05, 0.1) is 31.2 Å².